The van der Waals surface area contributed by atoms with Crippen LogP contribution in [0.25, 0.3) is 11.6 Å². The molecule has 1 aliphatic rings. The molecule has 9 heteroatoms. The third kappa shape index (κ3) is 4.18. The fourth-order valence-electron chi connectivity index (χ4n) is 3.23. The number of nitrogens with one attached hydrogen (secondary N) is 1. The second-order valence-electron chi connectivity index (χ2n) is 6.45. The lowest BCUT2D eigenvalue weighted by molar-refractivity contribution is -0.134. The van der Waals surface area contributed by atoms with Crippen LogP contribution in [0.1, 0.15) is 23.9 Å². The first-order chi connectivity index (χ1) is 13.7. The van der Waals surface area contributed by atoms with Crippen molar-refractivity contribution in [2.45, 2.75) is 18.9 Å². The maximum Gasteiger partial charge on any atom is 0.240 e. The van der Waals surface area contributed by atoms with Crippen LogP contribution in [-0.4, -0.2) is 50.5 Å². The van der Waals surface area contributed by atoms with Crippen molar-refractivity contribution in [3.05, 3.63) is 59.2 Å². The molecule has 1 saturated heterocycles. The van der Waals surface area contributed by atoms with Crippen molar-refractivity contribution < 1.29 is 9.32 Å². The molecule has 1 amide bonds. The summed E-state index contributed by atoms with van der Waals surface area (Å²) in [6.07, 6.45) is 3.88. The van der Waals surface area contributed by atoms with Crippen LogP contribution >= 0.6 is 11.6 Å². The minimum Gasteiger partial charge on any atom is -0.339 e. The number of aromatic nitrogens is 4. The highest BCUT2D eigenvalue weighted by Crippen LogP contribution is 2.25. The topological polar surface area (TPSA) is 97.0 Å². The number of rotatable bonds is 5. The standard InChI is InChI=1S/C19H19ClN6O2/c20-14-4-1-3-13(11-14)15-12-21-9-10-26(15)17(27)6-5-16-24-19(25-28-16)18-22-7-2-8-23-18/h1-4,7-8,11,15,21H,5-6,9-10,12H2. The second-order valence-corrected chi connectivity index (χ2v) is 6.88. The zero-order valence-electron chi connectivity index (χ0n) is 15.1. The van der Waals surface area contributed by atoms with Crippen molar-refractivity contribution in [2.24, 2.45) is 0 Å². The molecule has 8 nitrogen and oxygen atoms in total. The minimum absolute atomic E-state index is 0.0437. The molecular weight excluding hydrogens is 380 g/mol. The number of carbonyl (C=O) groups excluding carboxylic acids is 1. The average molecular weight is 399 g/mol. The minimum atomic E-state index is -0.0454. The van der Waals surface area contributed by atoms with E-state index >= 15 is 0 Å². The van der Waals surface area contributed by atoms with Crippen molar-refractivity contribution in [3.63, 3.8) is 0 Å². The molecule has 0 aliphatic carbocycles. The van der Waals surface area contributed by atoms with Gasteiger partial charge in [0.1, 0.15) is 0 Å². The van der Waals surface area contributed by atoms with Crippen LogP contribution in [0.2, 0.25) is 5.02 Å². The molecule has 0 radical (unpaired) electrons. The number of hydrogen-bond acceptors (Lipinski definition) is 7. The molecule has 144 valence electrons. The molecule has 1 N–H and O–H groups in total. The number of nitrogens with zero attached hydrogens (tertiary/aromatic N) is 5. The Morgan fingerprint density at radius 1 is 1.25 bits per heavy atom. The van der Waals surface area contributed by atoms with Gasteiger partial charge in [-0.3, -0.25) is 4.79 Å². The van der Waals surface area contributed by atoms with Crippen molar-refractivity contribution in [2.75, 3.05) is 19.6 Å². The highest BCUT2D eigenvalue weighted by atomic mass is 35.5. The summed E-state index contributed by atoms with van der Waals surface area (Å²) in [4.78, 5) is 27.2. The van der Waals surface area contributed by atoms with Gasteiger partial charge in [-0.15, -0.1) is 0 Å². The van der Waals surface area contributed by atoms with Crippen LogP contribution in [0.15, 0.2) is 47.2 Å². The fraction of sp³-hybridized carbons (Fsp3) is 0.316. The van der Waals surface area contributed by atoms with Crippen LogP contribution in [-0.2, 0) is 11.2 Å². The summed E-state index contributed by atoms with van der Waals surface area (Å²) < 4.78 is 5.24. The molecule has 1 fully saturated rings. The van der Waals surface area contributed by atoms with E-state index in [1.165, 1.54) is 0 Å². The predicted octanol–water partition coefficient (Wildman–Crippen LogP) is 2.29. The van der Waals surface area contributed by atoms with Crippen molar-refractivity contribution in [3.8, 4) is 11.6 Å². The normalized spacial score (nSPS) is 16.9. The Kier molecular flexibility index (Phi) is 5.59. The van der Waals surface area contributed by atoms with Crippen LogP contribution in [0.3, 0.4) is 0 Å². The van der Waals surface area contributed by atoms with E-state index in [0.717, 1.165) is 12.1 Å². The van der Waals surface area contributed by atoms with Gasteiger partial charge in [-0.25, -0.2) is 9.97 Å². The number of carbonyl (C=O) groups is 1. The summed E-state index contributed by atoms with van der Waals surface area (Å²) in [5.74, 6) is 1.15. The van der Waals surface area contributed by atoms with Crippen LogP contribution in [0.4, 0.5) is 0 Å². The van der Waals surface area contributed by atoms with Gasteiger partial charge < -0.3 is 14.7 Å². The van der Waals surface area contributed by atoms with E-state index in [4.69, 9.17) is 16.1 Å². The Balaban J connectivity index is 1.42. The predicted molar refractivity (Wildman–Crippen MR) is 102 cm³/mol. The summed E-state index contributed by atoms with van der Waals surface area (Å²) >= 11 is 6.12. The van der Waals surface area contributed by atoms with Gasteiger partial charge in [-0.1, -0.05) is 28.9 Å². The van der Waals surface area contributed by atoms with Gasteiger partial charge in [0.2, 0.25) is 23.4 Å². The Hall–Kier alpha value is -2.84. The monoisotopic (exact) mass is 398 g/mol. The third-order valence-corrected chi connectivity index (χ3v) is 4.82. The Bertz CT molecular complexity index is 948. The molecule has 28 heavy (non-hydrogen) atoms. The van der Waals surface area contributed by atoms with Gasteiger partial charge >= 0.3 is 0 Å². The maximum atomic E-state index is 12.9. The first-order valence-electron chi connectivity index (χ1n) is 9.06. The van der Waals surface area contributed by atoms with E-state index in [2.05, 4.69) is 25.4 Å². The first-order valence-corrected chi connectivity index (χ1v) is 9.44. The number of amides is 1. The van der Waals surface area contributed by atoms with E-state index in [0.29, 0.717) is 42.1 Å². The summed E-state index contributed by atoms with van der Waals surface area (Å²) in [5, 5.41) is 7.89. The highest BCUT2D eigenvalue weighted by Gasteiger charge is 2.28. The largest absolute Gasteiger partial charge is 0.339 e. The Morgan fingerprint density at radius 2 is 2.11 bits per heavy atom. The zero-order valence-corrected chi connectivity index (χ0v) is 15.8. The summed E-state index contributed by atoms with van der Waals surface area (Å²) in [7, 11) is 0. The Labute approximate surface area is 166 Å². The molecular formula is C19H19ClN6O2. The van der Waals surface area contributed by atoms with Gasteiger partial charge in [-0.05, 0) is 23.8 Å². The molecule has 3 aromatic rings. The lowest BCUT2D eigenvalue weighted by atomic mass is 10.0. The lowest BCUT2D eigenvalue weighted by Gasteiger charge is -2.36. The van der Waals surface area contributed by atoms with Crippen LogP contribution < -0.4 is 5.32 Å². The molecule has 4 rings (SSSR count). The number of piperazine rings is 1. The number of hydrogen-bond donors (Lipinski definition) is 1. The third-order valence-electron chi connectivity index (χ3n) is 4.58. The fourth-order valence-corrected chi connectivity index (χ4v) is 3.43. The van der Waals surface area contributed by atoms with E-state index in [9.17, 15) is 4.79 Å². The van der Waals surface area contributed by atoms with E-state index in [-0.39, 0.29) is 18.4 Å². The van der Waals surface area contributed by atoms with Crippen molar-refractivity contribution >= 4 is 17.5 Å². The van der Waals surface area contributed by atoms with Gasteiger partial charge in [0.05, 0.1) is 6.04 Å². The van der Waals surface area contributed by atoms with Crippen molar-refractivity contribution in [1.29, 1.82) is 0 Å². The molecule has 1 aliphatic heterocycles. The van der Waals surface area contributed by atoms with Crippen LogP contribution in [0.5, 0.6) is 0 Å². The lowest BCUT2D eigenvalue weighted by Crippen LogP contribution is -2.48. The Morgan fingerprint density at radius 3 is 2.93 bits per heavy atom. The smallest absolute Gasteiger partial charge is 0.240 e. The van der Waals surface area contributed by atoms with E-state index < -0.39 is 0 Å². The van der Waals surface area contributed by atoms with Crippen LogP contribution in [0, 0.1) is 0 Å². The van der Waals surface area contributed by atoms with Gasteiger partial charge in [0.25, 0.3) is 0 Å². The number of benzene rings is 1. The van der Waals surface area contributed by atoms with Crippen molar-refractivity contribution in [1.82, 2.24) is 30.3 Å². The summed E-state index contributed by atoms with van der Waals surface area (Å²) in [6, 6.07) is 9.30. The molecule has 1 aromatic carbocycles. The zero-order chi connectivity index (χ0) is 19.3. The SMILES string of the molecule is O=C(CCc1nc(-c2ncccn2)no1)N1CCNCC1c1cccc(Cl)c1. The van der Waals surface area contributed by atoms with Gasteiger partial charge in [0.15, 0.2) is 0 Å². The molecule has 3 heterocycles. The molecule has 2 aromatic heterocycles. The first kappa shape index (κ1) is 18.5. The van der Waals surface area contributed by atoms with Gasteiger partial charge in [-0.2, -0.15) is 4.98 Å². The summed E-state index contributed by atoms with van der Waals surface area (Å²) in [6.45, 7) is 2.10. The summed E-state index contributed by atoms with van der Waals surface area (Å²) in [5.41, 5.74) is 1.02. The van der Waals surface area contributed by atoms with E-state index in [1.807, 2.05) is 29.2 Å². The molecule has 0 spiro atoms. The molecule has 1 unspecified atom stereocenters. The number of aryl methyl sites for hydroxylation is 1. The molecule has 0 bridgehead atoms. The van der Waals surface area contributed by atoms with Gasteiger partial charge in [0, 0.05) is 49.9 Å². The highest BCUT2D eigenvalue weighted by molar-refractivity contribution is 6.30. The average Bonchev–Trinajstić information content (AvgIpc) is 3.22. The second kappa shape index (κ2) is 8.45. The maximum absolute atomic E-state index is 12.9. The quantitative estimate of drug-likeness (QED) is 0.704. The molecule has 1 atom stereocenters. The molecule has 0 saturated carbocycles. The number of halogens is 1. The van der Waals surface area contributed by atoms with E-state index in [1.54, 1.807) is 18.5 Å².